The molecule has 2 heterocycles. The van der Waals surface area contributed by atoms with Crippen molar-refractivity contribution in [2.24, 2.45) is 0 Å². The van der Waals surface area contributed by atoms with Crippen LogP contribution in [0.5, 0.6) is 0 Å². The van der Waals surface area contributed by atoms with Crippen molar-refractivity contribution in [2.45, 2.75) is 26.4 Å². The van der Waals surface area contributed by atoms with E-state index in [0.29, 0.717) is 6.04 Å². The molecule has 0 aliphatic heterocycles. The zero-order valence-corrected chi connectivity index (χ0v) is 10.4. The van der Waals surface area contributed by atoms with E-state index in [4.69, 9.17) is 0 Å². The highest BCUT2D eigenvalue weighted by Crippen LogP contribution is 2.16. The number of nitrogens with zero attached hydrogens (tertiary/aromatic N) is 1. The minimum Gasteiger partial charge on any atom is -0.306 e. The fourth-order valence-corrected chi connectivity index (χ4v) is 2.38. The minimum absolute atomic E-state index is 0.395. The van der Waals surface area contributed by atoms with E-state index in [0.717, 1.165) is 6.54 Å². The fourth-order valence-electron chi connectivity index (χ4n) is 1.62. The maximum Gasteiger partial charge on any atom is 0.0313 e. The van der Waals surface area contributed by atoms with Crippen molar-refractivity contribution in [1.82, 2.24) is 10.3 Å². The highest BCUT2D eigenvalue weighted by Gasteiger charge is 2.04. The van der Waals surface area contributed by atoms with Gasteiger partial charge in [-0.1, -0.05) is 6.07 Å². The van der Waals surface area contributed by atoms with Crippen LogP contribution in [0.15, 0.2) is 35.3 Å². The van der Waals surface area contributed by atoms with Crippen molar-refractivity contribution in [3.05, 3.63) is 52.0 Å². The Labute approximate surface area is 100 Å². The Morgan fingerprint density at radius 3 is 3.00 bits per heavy atom. The molecule has 2 aromatic rings. The Kier molecular flexibility index (Phi) is 3.70. The van der Waals surface area contributed by atoms with E-state index in [-0.39, 0.29) is 0 Å². The van der Waals surface area contributed by atoms with Gasteiger partial charge < -0.3 is 5.32 Å². The molecule has 0 aromatic carbocycles. The van der Waals surface area contributed by atoms with Gasteiger partial charge in [0.05, 0.1) is 0 Å². The first-order valence-electron chi connectivity index (χ1n) is 5.41. The van der Waals surface area contributed by atoms with Gasteiger partial charge >= 0.3 is 0 Å². The third-order valence-electron chi connectivity index (χ3n) is 2.59. The van der Waals surface area contributed by atoms with Crippen molar-refractivity contribution in [3.63, 3.8) is 0 Å². The zero-order valence-electron chi connectivity index (χ0n) is 9.60. The lowest BCUT2D eigenvalue weighted by molar-refractivity contribution is 0.575. The average molecular weight is 232 g/mol. The first-order valence-corrected chi connectivity index (χ1v) is 6.36. The molecule has 0 saturated carbocycles. The highest BCUT2D eigenvalue weighted by atomic mass is 32.1. The fraction of sp³-hybridized carbons (Fsp3) is 0.308. The summed E-state index contributed by atoms with van der Waals surface area (Å²) in [6.07, 6.45) is 3.80. The van der Waals surface area contributed by atoms with Crippen LogP contribution in [0.4, 0.5) is 0 Å². The summed E-state index contributed by atoms with van der Waals surface area (Å²) in [5, 5.41) is 7.79. The molecular formula is C13H16N2S. The van der Waals surface area contributed by atoms with Gasteiger partial charge in [-0.15, -0.1) is 0 Å². The molecule has 0 saturated heterocycles. The second-order valence-corrected chi connectivity index (χ2v) is 4.81. The van der Waals surface area contributed by atoms with E-state index in [2.05, 4.69) is 47.0 Å². The molecular weight excluding hydrogens is 216 g/mol. The Balaban J connectivity index is 1.92. The Bertz CT molecular complexity index is 437. The summed E-state index contributed by atoms with van der Waals surface area (Å²) in [5.41, 5.74) is 3.80. The zero-order chi connectivity index (χ0) is 11.4. The van der Waals surface area contributed by atoms with Crippen LogP contribution in [-0.4, -0.2) is 4.98 Å². The van der Waals surface area contributed by atoms with Crippen LogP contribution in [-0.2, 0) is 6.54 Å². The summed E-state index contributed by atoms with van der Waals surface area (Å²) < 4.78 is 0. The summed E-state index contributed by atoms with van der Waals surface area (Å²) in [7, 11) is 0. The van der Waals surface area contributed by atoms with Crippen molar-refractivity contribution in [3.8, 4) is 0 Å². The predicted molar refractivity (Wildman–Crippen MR) is 68.5 cm³/mol. The molecule has 2 nitrogen and oxygen atoms in total. The standard InChI is InChI=1S/C13H16N2S/c1-10-5-12(7-14-6-10)8-15-11(2)13-3-4-16-9-13/h3-7,9,11,15H,8H2,1-2H3. The number of rotatable bonds is 4. The molecule has 1 atom stereocenters. The van der Waals surface area contributed by atoms with Crippen LogP contribution in [0.1, 0.15) is 29.7 Å². The monoisotopic (exact) mass is 232 g/mol. The average Bonchev–Trinajstić information content (AvgIpc) is 2.79. The maximum absolute atomic E-state index is 4.19. The predicted octanol–water partition coefficient (Wildman–Crippen LogP) is 3.30. The smallest absolute Gasteiger partial charge is 0.0313 e. The first-order chi connectivity index (χ1) is 7.75. The minimum atomic E-state index is 0.395. The second kappa shape index (κ2) is 5.23. The van der Waals surface area contributed by atoms with Crippen molar-refractivity contribution < 1.29 is 0 Å². The van der Waals surface area contributed by atoms with E-state index in [9.17, 15) is 0 Å². The normalized spacial score (nSPS) is 12.6. The summed E-state index contributed by atoms with van der Waals surface area (Å²) in [4.78, 5) is 4.19. The molecule has 84 valence electrons. The van der Waals surface area contributed by atoms with Gasteiger partial charge in [-0.2, -0.15) is 11.3 Å². The summed E-state index contributed by atoms with van der Waals surface area (Å²) in [6, 6.07) is 4.73. The molecule has 0 spiro atoms. The highest BCUT2D eigenvalue weighted by molar-refractivity contribution is 7.07. The number of hydrogen-bond donors (Lipinski definition) is 1. The first kappa shape index (κ1) is 11.3. The van der Waals surface area contributed by atoms with Gasteiger partial charge in [0.2, 0.25) is 0 Å². The van der Waals surface area contributed by atoms with E-state index >= 15 is 0 Å². The van der Waals surface area contributed by atoms with Crippen molar-refractivity contribution >= 4 is 11.3 Å². The molecule has 0 fully saturated rings. The molecule has 2 aromatic heterocycles. The van der Waals surface area contributed by atoms with Gasteiger partial charge in [0.1, 0.15) is 0 Å². The van der Waals surface area contributed by atoms with Crippen LogP contribution in [0.25, 0.3) is 0 Å². The summed E-state index contributed by atoms with van der Waals surface area (Å²) >= 11 is 1.74. The lowest BCUT2D eigenvalue weighted by atomic mass is 10.1. The Morgan fingerprint density at radius 2 is 2.31 bits per heavy atom. The second-order valence-electron chi connectivity index (χ2n) is 4.03. The lowest BCUT2D eigenvalue weighted by Gasteiger charge is -2.12. The maximum atomic E-state index is 4.19. The SMILES string of the molecule is Cc1cncc(CNC(C)c2ccsc2)c1. The van der Waals surface area contributed by atoms with Crippen LogP contribution < -0.4 is 5.32 Å². The number of hydrogen-bond acceptors (Lipinski definition) is 3. The van der Waals surface area contributed by atoms with Crippen LogP contribution in [0.2, 0.25) is 0 Å². The molecule has 1 unspecified atom stereocenters. The number of aromatic nitrogens is 1. The molecule has 3 heteroatoms. The molecule has 1 N–H and O–H groups in total. The van der Waals surface area contributed by atoms with Crippen molar-refractivity contribution in [1.29, 1.82) is 0 Å². The van der Waals surface area contributed by atoms with E-state index in [1.165, 1.54) is 16.7 Å². The largest absolute Gasteiger partial charge is 0.306 e. The summed E-state index contributed by atoms with van der Waals surface area (Å²) in [5.74, 6) is 0. The third kappa shape index (κ3) is 2.90. The van der Waals surface area contributed by atoms with Crippen LogP contribution >= 0.6 is 11.3 Å². The summed E-state index contributed by atoms with van der Waals surface area (Å²) in [6.45, 7) is 5.12. The molecule has 0 aliphatic carbocycles. The molecule has 0 aliphatic rings. The van der Waals surface area contributed by atoms with Gasteiger partial charge in [-0.3, -0.25) is 4.98 Å². The number of pyridine rings is 1. The quantitative estimate of drug-likeness (QED) is 0.875. The van der Waals surface area contributed by atoms with Crippen molar-refractivity contribution in [2.75, 3.05) is 0 Å². The van der Waals surface area contributed by atoms with Gasteiger partial charge in [0, 0.05) is 25.0 Å². The molecule has 16 heavy (non-hydrogen) atoms. The Morgan fingerprint density at radius 1 is 1.44 bits per heavy atom. The topological polar surface area (TPSA) is 24.9 Å². The van der Waals surface area contributed by atoms with Gasteiger partial charge in [-0.05, 0) is 47.4 Å². The van der Waals surface area contributed by atoms with E-state index < -0.39 is 0 Å². The number of thiophene rings is 1. The van der Waals surface area contributed by atoms with Gasteiger partial charge in [0.25, 0.3) is 0 Å². The lowest BCUT2D eigenvalue weighted by Crippen LogP contribution is -2.17. The Hall–Kier alpha value is -1.19. The van der Waals surface area contributed by atoms with Crippen LogP contribution in [0, 0.1) is 6.92 Å². The van der Waals surface area contributed by atoms with Gasteiger partial charge in [-0.25, -0.2) is 0 Å². The number of aryl methyl sites for hydroxylation is 1. The van der Waals surface area contributed by atoms with Gasteiger partial charge in [0.15, 0.2) is 0 Å². The molecule has 0 amide bonds. The van der Waals surface area contributed by atoms with Crippen LogP contribution in [0.3, 0.4) is 0 Å². The molecule has 2 rings (SSSR count). The molecule has 0 radical (unpaired) electrons. The van der Waals surface area contributed by atoms with E-state index in [1.54, 1.807) is 11.3 Å². The van der Waals surface area contributed by atoms with E-state index in [1.807, 2.05) is 12.4 Å². The third-order valence-corrected chi connectivity index (χ3v) is 3.29. The number of nitrogens with one attached hydrogen (secondary N) is 1. The molecule has 0 bridgehead atoms.